The Morgan fingerprint density at radius 1 is 1.38 bits per heavy atom. The number of likely N-dealkylation sites (tertiary alicyclic amines) is 1. The third-order valence-electron chi connectivity index (χ3n) is 3.85. The average molecular weight is 293 g/mol. The van der Waals surface area contributed by atoms with Crippen LogP contribution in [0.3, 0.4) is 0 Å². The van der Waals surface area contributed by atoms with Gasteiger partial charge in [0.15, 0.2) is 0 Å². The number of rotatable bonds is 5. The lowest BCUT2D eigenvalue weighted by atomic mass is 9.97. The van der Waals surface area contributed by atoms with Crippen LogP contribution in [0.1, 0.15) is 24.0 Å². The number of hydrogen-bond acceptors (Lipinski definition) is 3. The highest BCUT2D eigenvalue weighted by Gasteiger charge is 2.19. The molecule has 21 heavy (non-hydrogen) atoms. The highest BCUT2D eigenvalue weighted by Crippen LogP contribution is 2.20. The number of halogens is 1. The van der Waals surface area contributed by atoms with Gasteiger partial charge in [-0.25, -0.2) is 9.18 Å². The van der Waals surface area contributed by atoms with Gasteiger partial charge in [-0.1, -0.05) is 12.1 Å². The summed E-state index contributed by atoms with van der Waals surface area (Å²) in [6.07, 6.45) is 4.26. The van der Waals surface area contributed by atoms with Crippen molar-refractivity contribution in [2.45, 2.75) is 19.4 Å². The summed E-state index contributed by atoms with van der Waals surface area (Å²) >= 11 is 0. The second-order valence-corrected chi connectivity index (χ2v) is 5.42. The highest BCUT2D eigenvalue weighted by molar-refractivity contribution is 5.85. The van der Waals surface area contributed by atoms with E-state index in [1.807, 2.05) is 0 Å². The van der Waals surface area contributed by atoms with Gasteiger partial charge in [-0.15, -0.1) is 0 Å². The fraction of sp³-hybridized carbons (Fsp3) is 0.438. The number of hydrogen-bond donors (Lipinski definition) is 2. The van der Waals surface area contributed by atoms with Crippen molar-refractivity contribution in [3.8, 4) is 0 Å². The van der Waals surface area contributed by atoms with E-state index in [1.54, 1.807) is 12.1 Å². The maximum atomic E-state index is 14.0. The van der Waals surface area contributed by atoms with Gasteiger partial charge in [-0.2, -0.15) is 0 Å². The molecule has 0 aliphatic carbocycles. The number of benzene rings is 1. The zero-order valence-electron chi connectivity index (χ0n) is 11.8. The molecule has 5 heteroatoms. The van der Waals surface area contributed by atoms with Gasteiger partial charge < -0.3 is 10.2 Å². The molecule has 2 N–H and O–H groups in total. The first kappa shape index (κ1) is 15.7. The molecule has 1 aliphatic heterocycles. The largest absolute Gasteiger partial charge is 0.478 e. The number of aliphatic hydroxyl groups excluding tert-OH is 1. The lowest BCUT2D eigenvalue weighted by molar-refractivity contribution is -0.131. The Balaban J connectivity index is 1.97. The number of nitrogens with zero attached hydrogens (tertiary/aromatic N) is 1. The van der Waals surface area contributed by atoms with Gasteiger partial charge in [0.1, 0.15) is 5.82 Å². The van der Waals surface area contributed by atoms with Crippen molar-refractivity contribution in [3.63, 3.8) is 0 Å². The summed E-state index contributed by atoms with van der Waals surface area (Å²) in [7, 11) is 0. The summed E-state index contributed by atoms with van der Waals surface area (Å²) < 4.78 is 14.0. The van der Waals surface area contributed by atoms with Crippen molar-refractivity contribution < 1.29 is 19.4 Å². The van der Waals surface area contributed by atoms with E-state index in [1.165, 1.54) is 12.1 Å². The third-order valence-corrected chi connectivity index (χ3v) is 3.85. The van der Waals surface area contributed by atoms with Crippen molar-refractivity contribution in [2.75, 3.05) is 19.7 Å². The number of carbonyl (C=O) groups is 1. The molecule has 1 aromatic carbocycles. The lowest BCUT2D eigenvalue weighted by Crippen LogP contribution is -2.34. The molecular weight excluding hydrogens is 273 g/mol. The molecule has 114 valence electrons. The van der Waals surface area contributed by atoms with E-state index in [-0.39, 0.29) is 12.4 Å². The van der Waals surface area contributed by atoms with Crippen LogP contribution in [0.4, 0.5) is 4.39 Å². The summed E-state index contributed by atoms with van der Waals surface area (Å²) in [4.78, 5) is 12.6. The van der Waals surface area contributed by atoms with Gasteiger partial charge in [-0.3, -0.25) is 4.90 Å². The molecule has 0 unspecified atom stereocenters. The minimum Gasteiger partial charge on any atom is -0.478 e. The Morgan fingerprint density at radius 2 is 2.10 bits per heavy atom. The van der Waals surface area contributed by atoms with Gasteiger partial charge in [0.2, 0.25) is 0 Å². The van der Waals surface area contributed by atoms with E-state index < -0.39 is 5.97 Å². The number of piperidine rings is 1. The van der Waals surface area contributed by atoms with E-state index in [0.29, 0.717) is 23.6 Å². The zero-order chi connectivity index (χ0) is 15.2. The molecule has 1 fully saturated rings. The minimum atomic E-state index is -1.05. The molecule has 0 bridgehead atoms. The summed E-state index contributed by atoms with van der Waals surface area (Å²) in [6.45, 7) is 2.51. The van der Waals surface area contributed by atoms with Gasteiger partial charge >= 0.3 is 5.97 Å². The van der Waals surface area contributed by atoms with Crippen LogP contribution in [-0.4, -0.2) is 40.8 Å². The standard InChI is InChI=1S/C16H20FNO3/c17-15-9-12(2-4-16(20)21)1-3-14(15)10-18-7-5-13(11-19)6-8-18/h1-4,9,13,19H,5-8,10-11H2,(H,20,21). The van der Waals surface area contributed by atoms with Crippen molar-refractivity contribution >= 4 is 12.0 Å². The number of carboxylic acids is 1. The van der Waals surface area contributed by atoms with Crippen molar-refractivity contribution in [2.24, 2.45) is 5.92 Å². The van der Waals surface area contributed by atoms with Crippen LogP contribution in [-0.2, 0) is 11.3 Å². The van der Waals surface area contributed by atoms with Crippen LogP contribution in [0.5, 0.6) is 0 Å². The first-order valence-electron chi connectivity index (χ1n) is 7.11. The summed E-state index contributed by atoms with van der Waals surface area (Å²) in [5.41, 5.74) is 1.16. The molecule has 0 amide bonds. The molecule has 0 spiro atoms. The van der Waals surface area contributed by atoms with Gasteiger partial charge in [0.05, 0.1) is 0 Å². The van der Waals surface area contributed by atoms with Crippen molar-refractivity contribution in [1.82, 2.24) is 4.90 Å². The van der Waals surface area contributed by atoms with E-state index >= 15 is 0 Å². The van der Waals surface area contributed by atoms with Crippen LogP contribution in [0.25, 0.3) is 6.08 Å². The molecule has 0 saturated carbocycles. The normalized spacial score (nSPS) is 17.4. The Labute approximate surface area is 123 Å². The molecule has 2 rings (SSSR count). The summed E-state index contributed by atoms with van der Waals surface area (Å²) in [5.74, 6) is -0.993. The lowest BCUT2D eigenvalue weighted by Gasteiger charge is -2.31. The Hall–Kier alpha value is -1.72. The molecule has 0 aromatic heterocycles. The maximum Gasteiger partial charge on any atom is 0.328 e. The zero-order valence-corrected chi connectivity index (χ0v) is 11.8. The van der Waals surface area contributed by atoms with Crippen molar-refractivity contribution in [1.29, 1.82) is 0 Å². The molecule has 4 nitrogen and oxygen atoms in total. The van der Waals surface area contributed by atoms with E-state index in [4.69, 9.17) is 10.2 Å². The monoisotopic (exact) mass is 293 g/mol. The maximum absolute atomic E-state index is 14.0. The van der Waals surface area contributed by atoms with Gasteiger partial charge in [-0.05, 0) is 49.6 Å². The molecule has 1 heterocycles. The second-order valence-electron chi connectivity index (χ2n) is 5.42. The van der Waals surface area contributed by atoms with Crippen molar-refractivity contribution in [3.05, 3.63) is 41.2 Å². The number of carboxylic acid groups (broad SMARTS) is 1. The molecule has 1 saturated heterocycles. The third kappa shape index (κ3) is 4.65. The van der Waals surface area contributed by atoms with Crippen LogP contribution in [0.2, 0.25) is 0 Å². The summed E-state index contributed by atoms with van der Waals surface area (Å²) in [6, 6.07) is 4.78. The van der Waals surface area contributed by atoms with Crippen LogP contribution < -0.4 is 0 Å². The van der Waals surface area contributed by atoms with E-state index in [0.717, 1.165) is 32.0 Å². The highest BCUT2D eigenvalue weighted by atomic mass is 19.1. The van der Waals surface area contributed by atoms with Crippen LogP contribution >= 0.6 is 0 Å². The SMILES string of the molecule is O=C(O)C=Cc1ccc(CN2CCC(CO)CC2)c(F)c1. The molecule has 1 aliphatic rings. The Bertz CT molecular complexity index is 522. The average Bonchev–Trinajstić information content (AvgIpc) is 2.48. The van der Waals surface area contributed by atoms with E-state index in [2.05, 4.69) is 4.90 Å². The molecule has 0 radical (unpaired) electrons. The fourth-order valence-corrected chi connectivity index (χ4v) is 2.53. The first-order valence-corrected chi connectivity index (χ1v) is 7.11. The van der Waals surface area contributed by atoms with Gasteiger partial charge in [0.25, 0.3) is 0 Å². The first-order chi connectivity index (χ1) is 10.1. The fourth-order valence-electron chi connectivity index (χ4n) is 2.53. The summed E-state index contributed by atoms with van der Waals surface area (Å²) in [5, 5.41) is 17.7. The Kier molecular flexibility index (Phi) is 5.47. The van der Waals surface area contributed by atoms with E-state index in [9.17, 15) is 9.18 Å². The molecule has 1 aromatic rings. The Morgan fingerprint density at radius 3 is 2.67 bits per heavy atom. The quantitative estimate of drug-likeness (QED) is 0.817. The number of aliphatic hydroxyl groups is 1. The second kappa shape index (κ2) is 7.33. The molecular formula is C16H20FNO3. The minimum absolute atomic E-state index is 0.229. The molecule has 0 atom stereocenters. The van der Waals surface area contributed by atoms with Crippen LogP contribution in [0, 0.1) is 11.7 Å². The van der Waals surface area contributed by atoms with Crippen LogP contribution in [0.15, 0.2) is 24.3 Å². The smallest absolute Gasteiger partial charge is 0.328 e. The number of aliphatic carboxylic acids is 1. The predicted octanol–water partition coefficient (Wildman–Crippen LogP) is 2.13. The van der Waals surface area contributed by atoms with Gasteiger partial charge in [0, 0.05) is 24.8 Å². The topological polar surface area (TPSA) is 60.8 Å². The predicted molar refractivity (Wildman–Crippen MR) is 78.2 cm³/mol.